The summed E-state index contributed by atoms with van der Waals surface area (Å²) in [7, 11) is 0. The number of carboxylic acids is 1. The molecule has 3 rings (SSSR count). The normalized spacial score (nSPS) is 14.9. The summed E-state index contributed by atoms with van der Waals surface area (Å²) in [5, 5.41) is 16.4. The number of aromatic amines is 1. The van der Waals surface area contributed by atoms with Crippen molar-refractivity contribution in [1.29, 1.82) is 0 Å². The van der Waals surface area contributed by atoms with Crippen LogP contribution >= 0.6 is 11.8 Å². The van der Waals surface area contributed by atoms with E-state index in [9.17, 15) is 4.79 Å². The minimum absolute atomic E-state index is 0.0424. The standard InChI is InChI=1S/C11H11N3O3S/c15-10(16)8-4-3-7(17-8)5-18-11-12-9(13-14-11)6-1-2-6/h3-4,6H,1-2,5H2,(H,15,16)(H,12,13,14). The number of hydrogen-bond donors (Lipinski definition) is 2. The van der Waals surface area contributed by atoms with Crippen LogP contribution in [-0.2, 0) is 5.75 Å². The van der Waals surface area contributed by atoms with Gasteiger partial charge in [-0.3, -0.25) is 5.10 Å². The number of aromatic carboxylic acids is 1. The first-order chi connectivity index (χ1) is 8.72. The van der Waals surface area contributed by atoms with Crippen LogP contribution in [0.25, 0.3) is 0 Å². The van der Waals surface area contributed by atoms with E-state index in [2.05, 4.69) is 15.2 Å². The van der Waals surface area contributed by atoms with Crippen LogP contribution in [0.15, 0.2) is 21.7 Å². The Bertz CT molecular complexity index is 574. The molecule has 0 aliphatic heterocycles. The van der Waals surface area contributed by atoms with Crippen molar-refractivity contribution in [3.63, 3.8) is 0 Å². The first-order valence-corrected chi connectivity index (χ1v) is 6.58. The Morgan fingerprint density at radius 3 is 3.06 bits per heavy atom. The number of aromatic nitrogens is 3. The van der Waals surface area contributed by atoms with Crippen molar-refractivity contribution in [3.8, 4) is 0 Å². The second kappa shape index (κ2) is 4.49. The molecule has 0 atom stereocenters. The lowest BCUT2D eigenvalue weighted by molar-refractivity contribution is 0.0661. The number of H-pyrrole nitrogens is 1. The van der Waals surface area contributed by atoms with Crippen LogP contribution in [0.5, 0.6) is 0 Å². The van der Waals surface area contributed by atoms with Crippen LogP contribution in [0.4, 0.5) is 0 Å². The van der Waals surface area contributed by atoms with Crippen molar-refractivity contribution in [2.45, 2.75) is 29.7 Å². The highest BCUT2D eigenvalue weighted by Crippen LogP contribution is 2.38. The Morgan fingerprint density at radius 2 is 2.39 bits per heavy atom. The molecule has 6 nitrogen and oxygen atoms in total. The highest BCUT2D eigenvalue weighted by atomic mass is 32.2. The summed E-state index contributed by atoms with van der Waals surface area (Å²) in [5.41, 5.74) is 0. The third-order valence-corrected chi connectivity index (χ3v) is 3.53. The lowest BCUT2D eigenvalue weighted by atomic mass is 10.4. The van der Waals surface area contributed by atoms with Gasteiger partial charge < -0.3 is 9.52 Å². The molecule has 0 bridgehead atoms. The Kier molecular flexibility index (Phi) is 2.83. The minimum Gasteiger partial charge on any atom is -0.475 e. The molecule has 7 heteroatoms. The summed E-state index contributed by atoms with van der Waals surface area (Å²) in [6.45, 7) is 0. The van der Waals surface area contributed by atoms with Gasteiger partial charge in [0.1, 0.15) is 11.6 Å². The predicted molar refractivity (Wildman–Crippen MR) is 63.6 cm³/mol. The van der Waals surface area contributed by atoms with Crippen molar-refractivity contribution < 1.29 is 14.3 Å². The fourth-order valence-corrected chi connectivity index (χ4v) is 2.27. The Labute approximate surface area is 107 Å². The van der Waals surface area contributed by atoms with Gasteiger partial charge in [0.05, 0.1) is 5.75 Å². The molecule has 0 aromatic carbocycles. The molecule has 0 amide bonds. The maximum absolute atomic E-state index is 10.6. The lowest BCUT2D eigenvalue weighted by Gasteiger charge is -1.92. The van der Waals surface area contributed by atoms with E-state index >= 15 is 0 Å². The highest BCUT2D eigenvalue weighted by molar-refractivity contribution is 7.98. The van der Waals surface area contributed by atoms with Gasteiger partial charge in [-0.1, -0.05) is 11.8 Å². The maximum Gasteiger partial charge on any atom is 0.371 e. The van der Waals surface area contributed by atoms with E-state index in [4.69, 9.17) is 9.52 Å². The minimum atomic E-state index is -1.06. The van der Waals surface area contributed by atoms with Gasteiger partial charge in [0.15, 0.2) is 0 Å². The van der Waals surface area contributed by atoms with Gasteiger partial charge in [0.2, 0.25) is 10.9 Å². The molecule has 0 unspecified atom stereocenters. The average molecular weight is 265 g/mol. The van der Waals surface area contributed by atoms with Crippen LogP contribution in [-0.4, -0.2) is 26.3 Å². The zero-order valence-corrected chi connectivity index (χ0v) is 10.2. The molecule has 0 spiro atoms. The van der Waals surface area contributed by atoms with Gasteiger partial charge in [-0.05, 0) is 25.0 Å². The number of hydrogen-bond acceptors (Lipinski definition) is 5. The van der Waals surface area contributed by atoms with Crippen LogP contribution in [0.3, 0.4) is 0 Å². The highest BCUT2D eigenvalue weighted by Gasteiger charge is 2.27. The summed E-state index contributed by atoms with van der Waals surface area (Å²) < 4.78 is 5.15. The number of carboxylic acid groups (broad SMARTS) is 1. The van der Waals surface area contributed by atoms with E-state index < -0.39 is 5.97 Å². The molecule has 2 N–H and O–H groups in total. The third-order valence-electron chi connectivity index (χ3n) is 2.66. The number of thioether (sulfide) groups is 1. The monoisotopic (exact) mass is 265 g/mol. The molecule has 1 aliphatic rings. The van der Waals surface area contributed by atoms with Crippen LogP contribution in [0, 0.1) is 0 Å². The summed E-state index contributed by atoms with van der Waals surface area (Å²) >= 11 is 1.42. The third kappa shape index (κ3) is 2.40. The molecule has 1 aliphatic carbocycles. The van der Waals surface area contributed by atoms with Crippen molar-refractivity contribution in [1.82, 2.24) is 15.2 Å². The van der Waals surface area contributed by atoms with Crippen molar-refractivity contribution in [3.05, 3.63) is 29.5 Å². The van der Waals surface area contributed by atoms with Crippen LogP contribution in [0.1, 0.15) is 40.9 Å². The molecule has 1 saturated carbocycles. The van der Waals surface area contributed by atoms with Gasteiger partial charge in [0.25, 0.3) is 0 Å². The SMILES string of the molecule is O=C(O)c1ccc(CSc2n[nH]c(C3CC3)n2)o1. The zero-order chi connectivity index (χ0) is 12.5. The smallest absolute Gasteiger partial charge is 0.371 e. The maximum atomic E-state index is 10.6. The fourth-order valence-electron chi connectivity index (χ4n) is 1.57. The molecular formula is C11H11N3O3S. The summed E-state index contributed by atoms with van der Waals surface area (Å²) in [5.74, 6) is 1.53. The summed E-state index contributed by atoms with van der Waals surface area (Å²) in [4.78, 5) is 15.0. The Morgan fingerprint density at radius 1 is 1.56 bits per heavy atom. The number of nitrogens with one attached hydrogen (secondary N) is 1. The van der Waals surface area contributed by atoms with E-state index in [0.29, 0.717) is 22.6 Å². The van der Waals surface area contributed by atoms with Crippen molar-refractivity contribution in [2.24, 2.45) is 0 Å². The Balaban J connectivity index is 1.60. The predicted octanol–water partition coefficient (Wildman–Crippen LogP) is 2.27. The molecular weight excluding hydrogens is 254 g/mol. The number of nitrogens with zero attached hydrogens (tertiary/aromatic N) is 2. The molecule has 2 aromatic rings. The molecule has 1 fully saturated rings. The van der Waals surface area contributed by atoms with Gasteiger partial charge in [-0.2, -0.15) is 0 Å². The molecule has 94 valence electrons. The van der Waals surface area contributed by atoms with Gasteiger partial charge in [-0.15, -0.1) is 5.10 Å². The molecule has 2 heterocycles. The molecule has 18 heavy (non-hydrogen) atoms. The van der Waals surface area contributed by atoms with Gasteiger partial charge >= 0.3 is 5.97 Å². The van der Waals surface area contributed by atoms with Gasteiger partial charge in [-0.25, -0.2) is 9.78 Å². The average Bonchev–Trinajstić information content (AvgIpc) is 2.92. The largest absolute Gasteiger partial charge is 0.475 e. The van der Waals surface area contributed by atoms with E-state index in [-0.39, 0.29) is 5.76 Å². The number of carbonyl (C=O) groups is 1. The Hall–Kier alpha value is -1.76. The fraction of sp³-hybridized carbons (Fsp3) is 0.364. The van der Waals surface area contributed by atoms with E-state index in [1.165, 1.54) is 30.7 Å². The van der Waals surface area contributed by atoms with Crippen LogP contribution < -0.4 is 0 Å². The number of furan rings is 1. The van der Waals surface area contributed by atoms with E-state index in [1.54, 1.807) is 6.07 Å². The topological polar surface area (TPSA) is 92.0 Å². The summed E-state index contributed by atoms with van der Waals surface area (Å²) in [6, 6.07) is 3.11. The van der Waals surface area contributed by atoms with E-state index in [0.717, 1.165) is 5.82 Å². The lowest BCUT2D eigenvalue weighted by Crippen LogP contribution is -1.91. The molecule has 0 saturated heterocycles. The van der Waals surface area contributed by atoms with Crippen molar-refractivity contribution >= 4 is 17.7 Å². The van der Waals surface area contributed by atoms with Crippen molar-refractivity contribution in [2.75, 3.05) is 0 Å². The molecule has 2 aromatic heterocycles. The van der Waals surface area contributed by atoms with E-state index in [1.807, 2.05) is 0 Å². The quantitative estimate of drug-likeness (QED) is 0.806. The first-order valence-electron chi connectivity index (χ1n) is 5.59. The second-order valence-corrected chi connectivity index (χ2v) is 5.08. The van der Waals surface area contributed by atoms with Gasteiger partial charge in [0, 0.05) is 5.92 Å². The summed E-state index contributed by atoms with van der Waals surface area (Å²) in [6.07, 6.45) is 2.36. The second-order valence-electron chi connectivity index (χ2n) is 4.14. The zero-order valence-electron chi connectivity index (χ0n) is 9.42. The molecule has 0 radical (unpaired) electrons. The number of rotatable bonds is 5. The van der Waals surface area contributed by atoms with Crippen LogP contribution in [0.2, 0.25) is 0 Å². The first kappa shape index (κ1) is 11.3.